The van der Waals surface area contributed by atoms with Crippen LogP contribution in [-0.2, 0) is 0 Å². The molecule has 0 aliphatic carbocycles. The number of aromatic nitrogens is 1. The molecule has 2 nitrogen and oxygen atoms in total. The van der Waals surface area contributed by atoms with Crippen molar-refractivity contribution in [2.75, 3.05) is 0 Å². The predicted octanol–water partition coefficient (Wildman–Crippen LogP) is 6.74. The van der Waals surface area contributed by atoms with Crippen LogP contribution in [0.15, 0.2) is 92.1 Å². The molecule has 2 aromatic carbocycles. The van der Waals surface area contributed by atoms with Crippen LogP contribution in [-0.4, -0.2) is 4.57 Å². The molecule has 0 bridgehead atoms. The molecular weight excluding hydrogens is 364 g/mol. The van der Waals surface area contributed by atoms with Gasteiger partial charge in [0.25, 0.3) is 0 Å². The molecule has 2 heteroatoms. The number of hydrogen-bond donors (Lipinski definition) is 1. The minimum Gasteiger partial charge on any atom is -0.384 e. The van der Waals surface area contributed by atoms with E-state index in [4.69, 9.17) is 5.73 Å². The van der Waals surface area contributed by atoms with Gasteiger partial charge in [0.05, 0.1) is 11.2 Å². The second-order valence-electron chi connectivity index (χ2n) is 6.65. The molecule has 1 heterocycles. The van der Waals surface area contributed by atoms with E-state index in [2.05, 4.69) is 59.9 Å². The van der Waals surface area contributed by atoms with E-state index >= 15 is 0 Å². The van der Waals surface area contributed by atoms with Gasteiger partial charge in [-0.1, -0.05) is 98.0 Å². The molecule has 30 heavy (non-hydrogen) atoms. The summed E-state index contributed by atoms with van der Waals surface area (Å²) in [6, 6.07) is 18.4. The molecular formula is C28H26N2. The highest BCUT2D eigenvalue weighted by molar-refractivity contribution is 5.99. The number of rotatable bonds is 7. The second kappa shape index (κ2) is 10.0. The van der Waals surface area contributed by atoms with Crippen LogP contribution in [0.5, 0.6) is 0 Å². The van der Waals surface area contributed by atoms with Gasteiger partial charge in [-0.3, -0.25) is 4.57 Å². The maximum atomic E-state index is 6.83. The van der Waals surface area contributed by atoms with Crippen LogP contribution in [0.25, 0.3) is 34.4 Å². The van der Waals surface area contributed by atoms with E-state index < -0.39 is 0 Å². The Morgan fingerprint density at radius 3 is 2.50 bits per heavy atom. The van der Waals surface area contributed by atoms with Gasteiger partial charge >= 0.3 is 0 Å². The zero-order chi connectivity index (χ0) is 21.3. The number of nitrogens with zero attached hydrogens (tertiary/aromatic N) is 1. The molecule has 0 fully saturated rings. The Bertz CT molecular complexity index is 1210. The molecule has 3 rings (SSSR count). The van der Waals surface area contributed by atoms with Crippen LogP contribution < -0.4 is 5.73 Å². The lowest BCUT2D eigenvalue weighted by atomic mass is 10.0. The van der Waals surface area contributed by atoms with Gasteiger partial charge in [0.15, 0.2) is 0 Å². The standard InChI is InChI=1S/C28H26N2/c1-4-7-9-13-19-23(22-16-11-10-12-17-22)28(29)30-26(6-3)24(18-8-5-2)25-20-14-15-21-27(25)30/h5-6,8,10-21H,2-3,9,29H2,1H3/b18-8-,19-13-,28-23-. The Morgan fingerprint density at radius 1 is 1.07 bits per heavy atom. The Hall–Kier alpha value is -3.96. The molecule has 0 aliphatic heterocycles. The summed E-state index contributed by atoms with van der Waals surface area (Å²) in [5.74, 6) is 6.64. The summed E-state index contributed by atoms with van der Waals surface area (Å²) in [5.41, 5.74) is 11.9. The Morgan fingerprint density at radius 2 is 1.80 bits per heavy atom. The van der Waals surface area contributed by atoms with Gasteiger partial charge in [-0.05, 0) is 24.6 Å². The minimum atomic E-state index is 0.645. The first-order valence-corrected chi connectivity index (χ1v) is 9.89. The SMILES string of the molecule is C=C/C=C\c1c(C=C)n(/C(N)=C(/C=C\CC#CC)c2ccccc2)c2ccccc12. The highest BCUT2D eigenvalue weighted by Crippen LogP contribution is 2.32. The van der Waals surface area contributed by atoms with Gasteiger partial charge < -0.3 is 5.73 Å². The molecule has 2 N–H and O–H groups in total. The summed E-state index contributed by atoms with van der Waals surface area (Å²) in [5, 5.41) is 1.11. The predicted molar refractivity (Wildman–Crippen MR) is 132 cm³/mol. The van der Waals surface area contributed by atoms with E-state index in [1.807, 2.05) is 61.6 Å². The average molecular weight is 391 g/mol. The number of allylic oxidation sites excluding steroid dienone is 5. The summed E-state index contributed by atoms with van der Waals surface area (Å²) < 4.78 is 2.07. The molecule has 0 radical (unpaired) electrons. The molecule has 3 aromatic rings. The molecule has 0 saturated carbocycles. The molecule has 148 valence electrons. The summed E-state index contributed by atoms with van der Waals surface area (Å²) in [4.78, 5) is 0. The van der Waals surface area contributed by atoms with Crippen LogP contribution in [0, 0.1) is 11.8 Å². The van der Waals surface area contributed by atoms with Crippen molar-refractivity contribution in [1.29, 1.82) is 0 Å². The zero-order valence-corrected chi connectivity index (χ0v) is 17.3. The van der Waals surface area contributed by atoms with E-state index in [1.54, 1.807) is 6.08 Å². The monoisotopic (exact) mass is 390 g/mol. The maximum absolute atomic E-state index is 6.83. The number of fused-ring (bicyclic) bond motifs is 1. The van der Waals surface area contributed by atoms with Gasteiger partial charge in [-0.25, -0.2) is 0 Å². The lowest BCUT2D eigenvalue weighted by molar-refractivity contribution is 1.11. The number of nitrogens with two attached hydrogens (primary N) is 1. The molecule has 0 spiro atoms. The van der Waals surface area contributed by atoms with E-state index in [-0.39, 0.29) is 0 Å². The normalized spacial score (nSPS) is 12.0. The van der Waals surface area contributed by atoms with Crippen LogP contribution >= 0.6 is 0 Å². The van der Waals surface area contributed by atoms with Crippen molar-refractivity contribution in [3.8, 4) is 11.8 Å². The fraction of sp³-hybridized carbons (Fsp3) is 0.0714. The van der Waals surface area contributed by atoms with Crippen LogP contribution in [0.3, 0.4) is 0 Å². The molecule has 1 aromatic heterocycles. The molecule has 0 atom stereocenters. The van der Waals surface area contributed by atoms with Crippen molar-refractivity contribution in [3.63, 3.8) is 0 Å². The fourth-order valence-electron chi connectivity index (χ4n) is 3.49. The summed E-state index contributed by atoms with van der Waals surface area (Å²) in [6.07, 6.45) is 12.4. The quantitative estimate of drug-likeness (QED) is 0.351. The van der Waals surface area contributed by atoms with Gasteiger partial charge in [0, 0.05) is 22.9 Å². The highest BCUT2D eigenvalue weighted by atomic mass is 15.1. The van der Waals surface area contributed by atoms with Gasteiger partial charge in [0.2, 0.25) is 0 Å². The van der Waals surface area contributed by atoms with Crippen molar-refractivity contribution in [3.05, 3.63) is 109 Å². The third kappa shape index (κ3) is 4.21. The minimum absolute atomic E-state index is 0.645. The van der Waals surface area contributed by atoms with Gasteiger partial charge in [0.1, 0.15) is 5.82 Å². The van der Waals surface area contributed by atoms with Crippen molar-refractivity contribution in [2.24, 2.45) is 5.73 Å². The van der Waals surface area contributed by atoms with Crippen molar-refractivity contribution >= 4 is 34.4 Å². The van der Waals surface area contributed by atoms with Gasteiger partial charge in [-0.2, -0.15) is 0 Å². The number of para-hydroxylation sites is 1. The molecule has 0 saturated heterocycles. The van der Waals surface area contributed by atoms with Crippen LogP contribution in [0.4, 0.5) is 0 Å². The Labute approximate surface area is 179 Å². The number of benzene rings is 2. The first-order chi connectivity index (χ1) is 14.7. The van der Waals surface area contributed by atoms with Gasteiger partial charge in [-0.15, -0.1) is 5.92 Å². The smallest absolute Gasteiger partial charge is 0.116 e. The van der Waals surface area contributed by atoms with Crippen LogP contribution in [0.1, 0.15) is 30.2 Å². The summed E-state index contributed by atoms with van der Waals surface area (Å²) in [7, 11) is 0. The van der Waals surface area contributed by atoms with Crippen molar-refractivity contribution in [2.45, 2.75) is 13.3 Å². The second-order valence-corrected chi connectivity index (χ2v) is 6.65. The topological polar surface area (TPSA) is 30.9 Å². The average Bonchev–Trinajstić information content (AvgIpc) is 3.11. The van der Waals surface area contributed by atoms with E-state index in [9.17, 15) is 0 Å². The molecule has 0 unspecified atom stereocenters. The van der Waals surface area contributed by atoms with E-state index in [1.165, 1.54) is 0 Å². The van der Waals surface area contributed by atoms with Crippen molar-refractivity contribution < 1.29 is 0 Å². The Kier molecular flexibility index (Phi) is 6.92. The number of hydrogen-bond acceptors (Lipinski definition) is 1. The third-order valence-corrected chi connectivity index (χ3v) is 4.83. The Balaban J connectivity index is 2.33. The van der Waals surface area contributed by atoms with Crippen molar-refractivity contribution in [1.82, 2.24) is 4.57 Å². The first kappa shape index (κ1) is 20.8. The lowest BCUT2D eigenvalue weighted by Gasteiger charge is -2.14. The highest BCUT2D eigenvalue weighted by Gasteiger charge is 2.17. The molecule has 0 aliphatic rings. The largest absolute Gasteiger partial charge is 0.384 e. The first-order valence-electron chi connectivity index (χ1n) is 9.89. The van der Waals surface area contributed by atoms with E-state index in [0.717, 1.165) is 33.3 Å². The summed E-state index contributed by atoms with van der Waals surface area (Å²) >= 11 is 0. The summed E-state index contributed by atoms with van der Waals surface area (Å²) in [6.45, 7) is 9.70. The lowest BCUT2D eigenvalue weighted by Crippen LogP contribution is -2.10. The van der Waals surface area contributed by atoms with E-state index in [0.29, 0.717) is 12.2 Å². The zero-order valence-electron chi connectivity index (χ0n) is 17.3. The fourth-order valence-corrected chi connectivity index (χ4v) is 3.49. The third-order valence-electron chi connectivity index (χ3n) is 4.83. The molecule has 0 amide bonds. The maximum Gasteiger partial charge on any atom is 0.116 e. The van der Waals surface area contributed by atoms with Crippen LogP contribution in [0.2, 0.25) is 0 Å².